The van der Waals surface area contributed by atoms with Crippen molar-refractivity contribution in [3.05, 3.63) is 33.9 Å². The number of nitrogens with one attached hydrogen (secondary N) is 1. The lowest BCUT2D eigenvalue weighted by molar-refractivity contribution is -0.385. The van der Waals surface area contributed by atoms with Crippen molar-refractivity contribution in [2.75, 3.05) is 5.32 Å². The Bertz CT molecular complexity index is 520. The SMILES string of the molecule is C#CCC(N)C(=O)Nc1cccc([N+](=O)[O-])c1C. The molecule has 0 heterocycles. The predicted octanol–water partition coefficient (Wildman–Crippen LogP) is 1.19. The first-order chi connectivity index (χ1) is 8.47. The molecule has 1 aromatic rings. The van der Waals surface area contributed by atoms with E-state index in [9.17, 15) is 14.9 Å². The van der Waals surface area contributed by atoms with Gasteiger partial charge in [-0.2, -0.15) is 0 Å². The fourth-order valence-corrected chi connectivity index (χ4v) is 1.40. The van der Waals surface area contributed by atoms with E-state index in [1.807, 2.05) is 0 Å². The minimum absolute atomic E-state index is 0.0571. The zero-order valence-corrected chi connectivity index (χ0v) is 9.84. The molecule has 94 valence electrons. The second kappa shape index (κ2) is 5.80. The van der Waals surface area contributed by atoms with Gasteiger partial charge in [0.15, 0.2) is 0 Å². The summed E-state index contributed by atoms with van der Waals surface area (Å²) < 4.78 is 0. The molecule has 1 rings (SSSR count). The molecule has 0 saturated carbocycles. The van der Waals surface area contributed by atoms with E-state index in [4.69, 9.17) is 12.2 Å². The summed E-state index contributed by atoms with van der Waals surface area (Å²) in [6.07, 6.45) is 5.17. The highest BCUT2D eigenvalue weighted by atomic mass is 16.6. The number of nitro benzene ring substituents is 1. The van der Waals surface area contributed by atoms with Crippen LogP contribution in [0.25, 0.3) is 0 Å². The first-order valence-corrected chi connectivity index (χ1v) is 5.21. The summed E-state index contributed by atoms with van der Waals surface area (Å²) in [5.74, 6) is 1.82. The summed E-state index contributed by atoms with van der Waals surface area (Å²) in [6.45, 7) is 1.56. The Morgan fingerprint density at radius 2 is 2.33 bits per heavy atom. The van der Waals surface area contributed by atoms with Crippen LogP contribution in [0.4, 0.5) is 11.4 Å². The molecule has 0 fully saturated rings. The van der Waals surface area contributed by atoms with Crippen LogP contribution in [0.15, 0.2) is 18.2 Å². The highest BCUT2D eigenvalue weighted by Gasteiger charge is 2.17. The van der Waals surface area contributed by atoms with Crippen LogP contribution in [0.3, 0.4) is 0 Å². The van der Waals surface area contributed by atoms with Crippen LogP contribution in [-0.2, 0) is 4.79 Å². The summed E-state index contributed by atoms with van der Waals surface area (Å²) in [7, 11) is 0. The molecule has 6 nitrogen and oxygen atoms in total. The third kappa shape index (κ3) is 3.06. The number of hydrogen-bond acceptors (Lipinski definition) is 4. The van der Waals surface area contributed by atoms with Crippen molar-refractivity contribution < 1.29 is 9.72 Å². The van der Waals surface area contributed by atoms with Crippen LogP contribution in [0, 0.1) is 29.4 Å². The molecule has 6 heteroatoms. The zero-order valence-electron chi connectivity index (χ0n) is 9.84. The van der Waals surface area contributed by atoms with Gasteiger partial charge in [0, 0.05) is 12.5 Å². The average Bonchev–Trinajstić information content (AvgIpc) is 2.31. The number of anilines is 1. The fourth-order valence-electron chi connectivity index (χ4n) is 1.40. The number of nitrogens with zero attached hydrogens (tertiary/aromatic N) is 1. The standard InChI is InChI=1S/C12H13N3O3/c1-3-5-9(13)12(16)14-10-6-4-7-11(8(10)2)15(17)18/h1,4,6-7,9H,5,13H2,2H3,(H,14,16). The fraction of sp³-hybridized carbons (Fsp3) is 0.250. The smallest absolute Gasteiger partial charge is 0.274 e. The molecule has 0 aromatic heterocycles. The Hall–Kier alpha value is -2.39. The first kappa shape index (κ1) is 13.7. The predicted molar refractivity (Wildman–Crippen MR) is 67.9 cm³/mol. The summed E-state index contributed by atoms with van der Waals surface area (Å²) in [5.41, 5.74) is 6.22. The molecule has 0 spiro atoms. The number of terminal acetylenes is 1. The number of nitro groups is 1. The van der Waals surface area contributed by atoms with Gasteiger partial charge in [0.25, 0.3) is 5.69 Å². The van der Waals surface area contributed by atoms with Gasteiger partial charge in [-0.25, -0.2) is 0 Å². The van der Waals surface area contributed by atoms with Crippen LogP contribution < -0.4 is 11.1 Å². The summed E-state index contributed by atoms with van der Waals surface area (Å²) in [6, 6.07) is 3.61. The molecule has 1 amide bonds. The Morgan fingerprint density at radius 1 is 1.67 bits per heavy atom. The first-order valence-electron chi connectivity index (χ1n) is 5.21. The lowest BCUT2D eigenvalue weighted by Gasteiger charge is -2.11. The highest BCUT2D eigenvalue weighted by Crippen LogP contribution is 2.25. The molecule has 3 N–H and O–H groups in total. The minimum Gasteiger partial charge on any atom is -0.324 e. The van der Waals surface area contributed by atoms with Crippen molar-refractivity contribution in [1.29, 1.82) is 0 Å². The van der Waals surface area contributed by atoms with E-state index in [0.29, 0.717) is 11.3 Å². The van der Waals surface area contributed by atoms with E-state index < -0.39 is 16.9 Å². The monoisotopic (exact) mass is 247 g/mol. The molecule has 0 bridgehead atoms. The second-order valence-electron chi connectivity index (χ2n) is 3.71. The van der Waals surface area contributed by atoms with Crippen molar-refractivity contribution in [3.63, 3.8) is 0 Å². The largest absolute Gasteiger partial charge is 0.324 e. The maximum absolute atomic E-state index is 11.6. The van der Waals surface area contributed by atoms with Crippen molar-refractivity contribution in [3.8, 4) is 12.3 Å². The molecule has 0 aliphatic heterocycles. The van der Waals surface area contributed by atoms with Crippen molar-refractivity contribution in [2.24, 2.45) is 5.73 Å². The third-order valence-electron chi connectivity index (χ3n) is 2.43. The molecule has 18 heavy (non-hydrogen) atoms. The van der Waals surface area contributed by atoms with Gasteiger partial charge in [-0.15, -0.1) is 12.3 Å². The molecule has 0 aliphatic rings. The van der Waals surface area contributed by atoms with E-state index in [-0.39, 0.29) is 12.1 Å². The number of benzene rings is 1. The molecular formula is C12H13N3O3. The van der Waals surface area contributed by atoms with Gasteiger partial charge in [-0.05, 0) is 13.0 Å². The maximum atomic E-state index is 11.6. The van der Waals surface area contributed by atoms with Gasteiger partial charge in [0.2, 0.25) is 5.91 Å². The maximum Gasteiger partial charge on any atom is 0.274 e. The third-order valence-corrected chi connectivity index (χ3v) is 2.43. The number of rotatable bonds is 4. The number of nitrogens with two attached hydrogens (primary N) is 1. The second-order valence-corrected chi connectivity index (χ2v) is 3.71. The van der Waals surface area contributed by atoms with Crippen molar-refractivity contribution >= 4 is 17.3 Å². The quantitative estimate of drug-likeness (QED) is 0.474. The summed E-state index contributed by atoms with van der Waals surface area (Å²) in [5, 5.41) is 13.3. The Balaban J connectivity index is 2.93. The summed E-state index contributed by atoms with van der Waals surface area (Å²) in [4.78, 5) is 21.9. The van der Waals surface area contributed by atoms with Gasteiger partial charge >= 0.3 is 0 Å². The average molecular weight is 247 g/mol. The number of amides is 1. The zero-order chi connectivity index (χ0) is 13.7. The molecule has 1 unspecified atom stereocenters. The lowest BCUT2D eigenvalue weighted by Crippen LogP contribution is -2.35. The lowest BCUT2D eigenvalue weighted by atomic mass is 10.1. The van der Waals surface area contributed by atoms with Crippen molar-refractivity contribution in [2.45, 2.75) is 19.4 Å². The van der Waals surface area contributed by atoms with Gasteiger partial charge in [-0.3, -0.25) is 14.9 Å². The van der Waals surface area contributed by atoms with Gasteiger partial charge in [-0.1, -0.05) is 6.07 Å². The molecule has 1 atom stereocenters. The van der Waals surface area contributed by atoms with Gasteiger partial charge < -0.3 is 11.1 Å². The number of carbonyl (C=O) groups is 1. The highest BCUT2D eigenvalue weighted by molar-refractivity contribution is 5.95. The normalized spacial score (nSPS) is 11.4. The number of hydrogen-bond donors (Lipinski definition) is 2. The van der Waals surface area contributed by atoms with Crippen molar-refractivity contribution in [1.82, 2.24) is 0 Å². The van der Waals surface area contributed by atoms with E-state index in [2.05, 4.69) is 11.2 Å². The van der Waals surface area contributed by atoms with E-state index in [1.165, 1.54) is 12.1 Å². The Kier molecular flexibility index (Phi) is 4.40. The molecule has 0 aliphatic carbocycles. The van der Waals surface area contributed by atoms with E-state index in [1.54, 1.807) is 13.0 Å². The van der Waals surface area contributed by atoms with Gasteiger partial charge in [0.05, 0.1) is 22.2 Å². The van der Waals surface area contributed by atoms with Crippen LogP contribution in [0.5, 0.6) is 0 Å². The molecule has 0 radical (unpaired) electrons. The summed E-state index contributed by atoms with van der Waals surface area (Å²) >= 11 is 0. The Labute approximate surface area is 104 Å². The minimum atomic E-state index is -0.825. The molecular weight excluding hydrogens is 234 g/mol. The van der Waals surface area contributed by atoms with Crippen LogP contribution >= 0.6 is 0 Å². The molecule has 1 aromatic carbocycles. The van der Waals surface area contributed by atoms with Crippen LogP contribution in [0.1, 0.15) is 12.0 Å². The Morgan fingerprint density at radius 3 is 2.89 bits per heavy atom. The van der Waals surface area contributed by atoms with Crippen LogP contribution in [-0.4, -0.2) is 16.9 Å². The van der Waals surface area contributed by atoms with Crippen LogP contribution in [0.2, 0.25) is 0 Å². The van der Waals surface area contributed by atoms with Gasteiger partial charge in [0.1, 0.15) is 0 Å². The topological polar surface area (TPSA) is 98.3 Å². The number of carbonyl (C=O) groups excluding carboxylic acids is 1. The molecule has 0 saturated heterocycles. The van der Waals surface area contributed by atoms with E-state index in [0.717, 1.165) is 0 Å². The van der Waals surface area contributed by atoms with E-state index >= 15 is 0 Å².